The van der Waals surface area contributed by atoms with E-state index in [0.29, 0.717) is 17.5 Å². The molecule has 0 N–H and O–H groups in total. The van der Waals surface area contributed by atoms with E-state index in [1.807, 2.05) is 6.92 Å². The maximum absolute atomic E-state index is 14.2. The molecule has 0 heterocycles. The van der Waals surface area contributed by atoms with Crippen LogP contribution in [0.2, 0.25) is 0 Å². The van der Waals surface area contributed by atoms with Gasteiger partial charge in [0, 0.05) is 10.9 Å². The molecule has 138 valence electrons. The van der Waals surface area contributed by atoms with Gasteiger partial charge in [-0.25, -0.2) is 22.0 Å². The lowest BCUT2D eigenvalue weighted by Gasteiger charge is -2.05. The number of unbranched alkanes of at least 4 members (excludes halogenated alkanes) is 1. The van der Waals surface area contributed by atoms with Crippen LogP contribution in [0.5, 0.6) is 0 Å². The molecule has 3 rings (SSSR count). The summed E-state index contributed by atoms with van der Waals surface area (Å²) in [5, 5.41) is 0.0386. The molecule has 0 aromatic heterocycles. The molecule has 0 amide bonds. The highest BCUT2D eigenvalue weighted by Crippen LogP contribution is 2.24. The molecule has 0 radical (unpaired) electrons. The molecular weight excluding hydrogens is 359 g/mol. The standard InChI is InChI=1S/C22H15F5/c1-2-3-4-14-8-9-15(20(25)19(14)24)7-5-13-6-10-17-16(11-13)12-18(23)22(27)21(17)26/h6,8-12H,2-4H2,1H3. The van der Waals surface area contributed by atoms with Crippen LogP contribution in [-0.2, 0) is 6.42 Å². The molecule has 3 aromatic rings. The molecule has 0 bridgehead atoms. The van der Waals surface area contributed by atoms with Gasteiger partial charge in [-0.2, -0.15) is 0 Å². The van der Waals surface area contributed by atoms with Gasteiger partial charge in [0.1, 0.15) is 0 Å². The summed E-state index contributed by atoms with van der Waals surface area (Å²) in [6, 6.07) is 7.80. The normalized spacial score (nSPS) is 10.7. The molecular formula is C22H15F5. The van der Waals surface area contributed by atoms with Crippen LogP contribution in [0.3, 0.4) is 0 Å². The Morgan fingerprint density at radius 1 is 0.778 bits per heavy atom. The van der Waals surface area contributed by atoms with Crippen molar-refractivity contribution >= 4 is 10.8 Å². The number of hydrogen-bond donors (Lipinski definition) is 0. The van der Waals surface area contributed by atoms with Gasteiger partial charge in [0.15, 0.2) is 29.1 Å². The van der Waals surface area contributed by atoms with Crippen molar-refractivity contribution in [1.82, 2.24) is 0 Å². The van der Waals surface area contributed by atoms with Gasteiger partial charge >= 0.3 is 0 Å². The largest absolute Gasteiger partial charge is 0.204 e. The Labute approximate surface area is 153 Å². The number of halogens is 5. The minimum atomic E-state index is -1.54. The molecule has 3 aromatic carbocycles. The van der Waals surface area contributed by atoms with Crippen molar-refractivity contribution in [2.45, 2.75) is 26.2 Å². The van der Waals surface area contributed by atoms with E-state index in [1.165, 1.54) is 30.3 Å². The topological polar surface area (TPSA) is 0 Å². The van der Waals surface area contributed by atoms with Crippen LogP contribution in [-0.4, -0.2) is 0 Å². The summed E-state index contributed by atoms with van der Waals surface area (Å²) < 4.78 is 68.6. The molecule has 0 fully saturated rings. The second-order valence-corrected chi connectivity index (χ2v) is 6.18. The molecule has 0 saturated heterocycles. The van der Waals surface area contributed by atoms with E-state index in [9.17, 15) is 22.0 Å². The van der Waals surface area contributed by atoms with Gasteiger partial charge in [-0.05, 0) is 48.1 Å². The van der Waals surface area contributed by atoms with E-state index in [1.54, 1.807) is 0 Å². The number of aryl methyl sites for hydroxylation is 1. The fraction of sp³-hybridized carbons (Fsp3) is 0.182. The van der Waals surface area contributed by atoms with Gasteiger partial charge in [0.05, 0.1) is 5.56 Å². The summed E-state index contributed by atoms with van der Waals surface area (Å²) in [6.45, 7) is 1.96. The van der Waals surface area contributed by atoms with Gasteiger partial charge < -0.3 is 0 Å². The van der Waals surface area contributed by atoms with Crippen molar-refractivity contribution in [1.29, 1.82) is 0 Å². The van der Waals surface area contributed by atoms with Crippen molar-refractivity contribution in [2.75, 3.05) is 0 Å². The van der Waals surface area contributed by atoms with Gasteiger partial charge in [0.25, 0.3) is 0 Å². The molecule has 0 aliphatic heterocycles. The van der Waals surface area contributed by atoms with Crippen molar-refractivity contribution in [3.05, 3.63) is 82.2 Å². The zero-order valence-electron chi connectivity index (χ0n) is 14.5. The van der Waals surface area contributed by atoms with Crippen LogP contribution in [0.15, 0.2) is 36.4 Å². The van der Waals surface area contributed by atoms with E-state index >= 15 is 0 Å². The van der Waals surface area contributed by atoms with Crippen molar-refractivity contribution in [3.8, 4) is 11.8 Å². The highest BCUT2D eigenvalue weighted by atomic mass is 19.2. The highest BCUT2D eigenvalue weighted by molar-refractivity contribution is 5.84. The lowest BCUT2D eigenvalue weighted by atomic mass is 10.0. The highest BCUT2D eigenvalue weighted by Gasteiger charge is 2.14. The number of rotatable bonds is 3. The number of fused-ring (bicyclic) bond motifs is 1. The molecule has 0 saturated carbocycles. The zero-order chi connectivity index (χ0) is 19.6. The molecule has 0 aliphatic carbocycles. The summed E-state index contributed by atoms with van der Waals surface area (Å²) in [5.41, 5.74) is 0.533. The van der Waals surface area contributed by atoms with E-state index in [4.69, 9.17) is 0 Å². The van der Waals surface area contributed by atoms with Crippen molar-refractivity contribution < 1.29 is 22.0 Å². The van der Waals surface area contributed by atoms with Gasteiger partial charge in [-0.1, -0.05) is 37.3 Å². The molecule has 5 heteroatoms. The maximum Gasteiger partial charge on any atom is 0.195 e. The monoisotopic (exact) mass is 374 g/mol. The SMILES string of the molecule is CCCCc1ccc(C#Cc2ccc3c(F)c(F)c(F)cc3c2)c(F)c1F. The van der Waals surface area contributed by atoms with Crippen LogP contribution in [0.25, 0.3) is 10.8 Å². The Morgan fingerprint density at radius 3 is 2.30 bits per heavy atom. The second kappa shape index (κ2) is 7.79. The Bertz CT molecular complexity index is 1070. The minimum Gasteiger partial charge on any atom is -0.204 e. The first-order valence-electron chi connectivity index (χ1n) is 8.48. The van der Waals surface area contributed by atoms with E-state index in [2.05, 4.69) is 11.8 Å². The van der Waals surface area contributed by atoms with E-state index in [0.717, 1.165) is 18.9 Å². The first-order chi connectivity index (χ1) is 12.9. The number of hydrogen-bond acceptors (Lipinski definition) is 0. The molecule has 0 nitrogen and oxygen atoms in total. The molecule has 27 heavy (non-hydrogen) atoms. The summed E-state index contributed by atoms with van der Waals surface area (Å²) in [4.78, 5) is 0. The zero-order valence-corrected chi connectivity index (χ0v) is 14.5. The van der Waals surface area contributed by atoms with Crippen molar-refractivity contribution in [2.24, 2.45) is 0 Å². The first-order valence-corrected chi connectivity index (χ1v) is 8.48. The lowest BCUT2D eigenvalue weighted by Crippen LogP contribution is -1.97. The van der Waals surface area contributed by atoms with Crippen LogP contribution in [0.4, 0.5) is 22.0 Å². The Morgan fingerprint density at radius 2 is 1.56 bits per heavy atom. The van der Waals surface area contributed by atoms with Crippen LogP contribution in [0.1, 0.15) is 36.5 Å². The van der Waals surface area contributed by atoms with E-state index < -0.39 is 29.1 Å². The van der Waals surface area contributed by atoms with Gasteiger partial charge in [0.2, 0.25) is 0 Å². The molecule has 0 atom stereocenters. The van der Waals surface area contributed by atoms with Gasteiger partial charge in [-0.15, -0.1) is 0 Å². The minimum absolute atomic E-state index is 0.0862. The van der Waals surface area contributed by atoms with Crippen LogP contribution < -0.4 is 0 Å². The Balaban J connectivity index is 1.96. The third-order valence-corrected chi connectivity index (χ3v) is 4.28. The second-order valence-electron chi connectivity index (χ2n) is 6.18. The average Bonchev–Trinajstić information content (AvgIpc) is 2.66. The number of benzene rings is 3. The average molecular weight is 374 g/mol. The summed E-state index contributed by atoms with van der Waals surface area (Å²) >= 11 is 0. The summed E-state index contributed by atoms with van der Waals surface area (Å²) in [6.07, 6.45) is 2.08. The van der Waals surface area contributed by atoms with Gasteiger partial charge in [-0.3, -0.25) is 0 Å². The smallest absolute Gasteiger partial charge is 0.195 e. The fourth-order valence-corrected chi connectivity index (χ4v) is 2.77. The van der Waals surface area contributed by atoms with Crippen molar-refractivity contribution in [3.63, 3.8) is 0 Å². The maximum atomic E-state index is 14.2. The third-order valence-electron chi connectivity index (χ3n) is 4.28. The predicted molar refractivity (Wildman–Crippen MR) is 94.8 cm³/mol. The molecule has 0 unspecified atom stereocenters. The first kappa shape index (κ1) is 18.9. The Kier molecular flexibility index (Phi) is 5.46. The molecule has 0 spiro atoms. The van der Waals surface area contributed by atoms with E-state index in [-0.39, 0.29) is 16.3 Å². The predicted octanol–water partition coefficient (Wildman–Crippen LogP) is 6.28. The third kappa shape index (κ3) is 3.80. The summed E-state index contributed by atoms with van der Waals surface area (Å²) in [5.74, 6) is -0.874. The quantitative estimate of drug-likeness (QED) is 0.288. The summed E-state index contributed by atoms with van der Waals surface area (Å²) in [7, 11) is 0. The molecule has 0 aliphatic rings. The lowest BCUT2D eigenvalue weighted by molar-refractivity contribution is 0.453. The van der Waals surface area contributed by atoms with Crippen LogP contribution >= 0.6 is 0 Å². The fourth-order valence-electron chi connectivity index (χ4n) is 2.77. The Hall–Kier alpha value is -2.87. The van der Waals surface area contributed by atoms with Crippen LogP contribution in [0, 0.1) is 40.9 Å².